The topological polar surface area (TPSA) is 125 Å². The van der Waals surface area contributed by atoms with Crippen LogP contribution in [-0.2, 0) is 23.0 Å². The standard InChI is InChI=1S/C27H30N8O3S/c1-6-17-15-30-27(32-22-13-19-16-34(2)12-9-18(19)14-23(22)38-4)33-26(17)31-21-8-7-20-24(29-11-10-28-20)25(21)35(3)39(5,36)37/h6-8,10-11,13-15H,1,9,12,16H2,2-5H3,(H2,30,31,32,33). The van der Waals surface area contributed by atoms with Gasteiger partial charge in [-0.05, 0) is 48.9 Å². The predicted molar refractivity (Wildman–Crippen MR) is 155 cm³/mol. The van der Waals surface area contributed by atoms with Crippen molar-refractivity contribution in [1.29, 1.82) is 0 Å². The molecule has 39 heavy (non-hydrogen) atoms. The van der Waals surface area contributed by atoms with Crippen LogP contribution in [0.15, 0.2) is 49.4 Å². The molecule has 202 valence electrons. The van der Waals surface area contributed by atoms with Crippen molar-refractivity contribution in [3.63, 3.8) is 0 Å². The first kappa shape index (κ1) is 26.3. The second kappa shape index (κ2) is 10.5. The summed E-state index contributed by atoms with van der Waals surface area (Å²) in [5.74, 6) is 1.48. The first-order valence-electron chi connectivity index (χ1n) is 12.3. The molecular formula is C27H30N8O3S. The fraction of sp³-hybridized carbons (Fsp3) is 0.259. The quantitative estimate of drug-likeness (QED) is 0.336. The maximum absolute atomic E-state index is 12.5. The summed E-state index contributed by atoms with van der Waals surface area (Å²) < 4.78 is 31.9. The molecule has 0 amide bonds. The third-order valence-corrected chi connectivity index (χ3v) is 7.87. The Labute approximate surface area is 227 Å². The molecule has 2 aromatic carbocycles. The Morgan fingerprint density at radius 2 is 1.90 bits per heavy atom. The minimum absolute atomic E-state index is 0.337. The zero-order valence-electron chi connectivity index (χ0n) is 22.3. The van der Waals surface area contributed by atoms with Crippen LogP contribution in [0.2, 0.25) is 0 Å². The van der Waals surface area contributed by atoms with Crippen LogP contribution in [0.25, 0.3) is 17.1 Å². The Morgan fingerprint density at radius 3 is 2.64 bits per heavy atom. The monoisotopic (exact) mass is 546 g/mol. The van der Waals surface area contributed by atoms with Crippen molar-refractivity contribution in [2.24, 2.45) is 0 Å². The molecule has 0 unspecified atom stereocenters. The van der Waals surface area contributed by atoms with Gasteiger partial charge < -0.3 is 20.3 Å². The highest BCUT2D eigenvalue weighted by Crippen LogP contribution is 2.37. The maximum Gasteiger partial charge on any atom is 0.232 e. The summed E-state index contributed by atoms with van der Waals surface area (Å²) in [5.41, 5.74) is 5.71. The summed E-state index contributed by atoms with van der Waals surface area (Å²) >= 11 is 0. The molecule has 0 aliphatic carbocycles. The molecule has 1 aliphatic heterocycles. The van der Waals surface area contributed by atoms with Crippen molar-refractivity contribution in [1.82, 2.24) is 24.8 Å². The molecule has 0 radical (unpaired) electrons. The molecule has 12 heteroatoms. The number of nitrogens with zero attached hydrogens (tertiary/aromatic N) is 6. The van der Waals surface area contributed by atoms with Gasteiger partial charge in [0.15, 0.2) is 0 Å². The minimum Gasteiger partial charge on any atom is -0.495 e. The number of methoxy groups -OCH3 is 1. The van der Waals surface area contributed by atoms with Gasteiger partial charge in [0.05, 0.1) is 30.3 Å². The van der Waals surface area contributed by atoms with Crippen LogP contribution in [0, 0.1) is 0 Å². The third-order valence-electron chi connectivity index (χ3n) is 6.69. The number of hydrogen-bond donors (Lipinski definition) is 2. The van der Waals surface area contributed by atoms with E-state index >= 15 is 0 Å². The van der Waals surface area contributed by atoms with E-state index in [0.29, 0.717) is 45.5 Å². The van der Waals surface area contributed by atoms with E-state index in [1.54, 1.807) is 37.7 Å². The zero-order chi connectivity index (χ0) is 27.7. The highest BCUT2D eigenvalue weighted by molar-refractivity contribution is 7.92. The molecule has 4 aromatic rings. The Bertz CT molecular complexity index is 1680. The van der Waals surface area contributed by atoms with E-state index in [-0.39, 0.29) is 0 Å². The Morgan fingerprint density at radius 1 is 1.10 bits per heavy atom. The van der Waals surface area contributed by atoms with Crippen molar-refractivity contribution >= 4 is 56.0 Å². The van der Waals surface area contributed by atoms with Crippen molar-refractivity contribution in [2.45, 2.75) is 13.0 Å². The molecule has 0 saturated carbocycles. The first-order chi connectivity index (χ1) is 18.7. The molecular weight excluding hydrogens is 516 g/mol. The molecule has 1 aliphatic rings. The molecule has 0 bridgehead atoms. The lowest BCUT2D eigenvalue weighted by Gasteiger charge is -2.26. The van der Waals surface area contributed by atoms with Gasteiger partial charge in [-0.3, -0.25) is 14.3 Å². The molecule has 0 spiro atoms. The van der Waals surface area contributed by atoms with Gasteiger partial charge in [-0.15, -0.1) is 0 Å². The molecule has 0 atom stereocenters. The van der Waals surface area contributed by atoms with Crippen LogP contribution in [0.4, 0.5) is 28.8 Å². The second-order valence-corrected chi connectivity index (χ2v) is 11.4. The molecule has 0 fully saturated rings. The van der Waals surface area contributed by atoms with Crippen LogP contribution in [0.5, 0.6) is 5.75 Å². The Balaban J connectivity index is 1.55. The van der Waals surface area contributed by atoms with Crippen LogP contribution >= 0.6 is 0 Å². The van der Waals surface area contributed by atoms with Gasteiger partial charge in [0.25, 0.3) is 0 Å². The summed E-state index contributed by atoms with van der Waals surface area (Å²) in [4.78, 5) is 20.2. The van der Waals surface area contributed by atoms with Gasteiger partial charge in [-0.2, -0.15) is 4.98 Å². The van der Waals surface area contributed by atoms with Gasteiger partial charge in [0.2, 0.25) is 16.0 Å². The summed E-state index contributed by atoms with van der Waals surface area (Å²) in [6.45, 7) is 5.73. The number of sulfonamides is 1. The maximum atomic E-state index is 12.5. The largest absolute Gasteiger partial charge is 0.495 e. The average Bonchev–Trinajstić information content (AvgIpc) is 2.92. The average molecular weight is 547 g/mol. The molecule has 0 saturated heterocycles. The number of rotatable bonds is 8. The van der Waals surface area contributed by atoms with Crippen LogP contribution < -0.4 is 19.7 Å². The number of fused-ring (bicyclic) bond motifs is 2. The van der Waals surface area contributed by atoms with Crippen LogP contribution in [0.3, 0.4) is 0 Å². The van der Waals surface area contributed by atoms with Gasteiger partial charge >= 0.3 is 0 Å². The fourth-order valence-electron chi connectivity index (χ4n) is 4.55. The number of nitrogens with one attached hydrogen (secondary N) is 2. The van der Waals surface area contributed by atoms with E-state index in [9.17, 15) is 8.42 Å². The van der Waals surface area contributed by atoms with E-state index in [0.717, 1.165) is 31.5 Å². The fourth-order valence-corrected chi connectivity index (χ4v) is 5.07. The molecule has 3 heterocycles. The van der Waals surface area contributed by atoms with Crippen molar-refractivity contribution in [2.75, 3.05) is 48.9 Å². The summed E-state index contributed by atoms with van der Waals surface area (Å²) in [5, 5.41) is 6.56. The van der Waals surface area contributed by atoms with Crippen molar-refractivity contribution < 1.29 is 13.2 Å². The lowest BCUT2D eigenvalue weighted by molar-refractivity contribution is 0.312. The number of ether oxygens (including phenoxy) is 1. The van der Waals surface area contributed by atoms with Crippen molar-refractivity contribution in [3.05, 3.63) is 66.1 Å². The normalized spacial score (nSPS) is 13.5. The van der Waals surface area contributed by atoms with Gasteiger partial charge in [0.1, 0.15) is 22.8 Å². The highest BCUT2D eigenvalue weighted by Gasteiger charge is 2.22. The number of hydrogen-bond acceptors (Lipinski definition) is 10. The lowest BCUT2D eigenvalue weighted by atomic mass is 9.99. The zero-order valence-corrected chi connectivity index (χ0v) is 23.1. The Kier molecular flexibility index (Phi) is 7.06. The third kappa shape index (κ3) is 5.33. The van der Waals surface area contributed by atoms with Crippen molar-refractivity contribution in [3.8, 4) is 5.75 Å². The number of benzene rings is 2. The van der Waals surface area contributed by atoms with Crippen LogP contribution in [0.1, 0.15) is 16.7 Å². The SMILES string of the molecule is C=Cc1cnc(Nc2cc3c(cc2OC)CCN(C)C3)nc1Nc1ccc2nccnc2c1N(C)S(C)(=O)=O. The second-order valence-electron chi connectivity index (χ2n) is 9.38. The molecule has 2 aromatic heterocycles. The predicted octanol–water partition coefficient (Wildman–Crippen LogP) is 3.94. The smallest absolute Gasteiger partial charge is 0.232 e. The summed E-state index contributed by atoms with van der Waals surface area (Å²) in [7, 11) is 1.61. The molecule has 5 rings (SSSR count). The number of likely N-dealkylation sites (N-methyl/N-ethyl adjacent to an activating group) is 1. The van der Waals surface area contributed by atoms with E-state index < -0.39 is 10.0 Å². The minimum atomic E-state index is -3.60. The summed E-state index contributed by atoms with van der Waals surface area (Å²) in [6.07, 6.45) is 8.45. The van der Waals surface area contributed by atoms with Gasteiger partial charge in [-0.25, -0.2) is 13.4 Å². The van der Waals surface area contributed by atoms with Gasteiger partial charge in [-0.1, -0.05) is 12.7 Å². The van der Waals surface area contributed by atoms with E-state index in [2.05, 4.69) is 56.2 Å². The lowest BCUT2D eigenvalue weighted by Crippen LogP contribution is -2.26. The first-order valence-corrected chi connectivity index (χ1v) is 14.1. The summed E-state index contributed by atoms with van der Waals surface area (Å²) in [6, 6.07) is 7.65. The van der Waals surface area contributed by atoms with E-state index in [1.807, 2.05) is 0 Å². The number of anilines is 5. The van der Waals surface area contributed by atoms with E-state index in [1.165, 1.54) is 28.7 Å². The van der Waals surface area contributed by atoms with Gasteiger partial charge in [0, 0.05) is 44.3 Å². The van der Waals surface area contributed by atoms with Crippen LogP contribution in [-0.4, -0.2) is 67.3 Å². The number of aromatic nitrogens is 4. The highest BCUT2D eigenvalue weighted by atomic mass is 32.2. The Hall–Kier alpha value is -4.29. The van der Waals surface area contributed by atoms with E-state index in [4.69, 9.17) is 9.72 Å². The molecule has 2 N–H and O–H groups in total. The molecule has 11 nitrogen and oxygen atoms in total.